The molecule has 2 fully saturated rings. The first-order valence-corrected chi connectivity index (χ1v) is 7.52. The number of carbonyl (C=O) groups excluding carboxylic acids is 1. The number of hydrogen-bond acceptors (Lipinski definition) is 3. The molecule has 2 aliphatic rings. The molecule has 2 heterocycles. The summed E-state index contributed by atoms with van der Waals surface area (Å²) in [6, 6.07) is 5.08. The Morgan fingerprint density at radius 2 is 2.05 bits per heavy atom. The minimum Gasteiger partial charge on any atom is -0.379 e. The maximum atomic E-state index is 13.9. The number of nitrogens with zero attached hydrogens (tertiary/aromatic N) is 2. The highest BCUT2D eigenvalue weighted by molar-refractivity contribution is 5.94. The third kappa shape index (κ3) is 3.09. The van der Waals surface area contributed by atoms with Gasteiger partial charge in [0.1, 0.15) is 5.82 Å². The van der Waals surface area contributed by atoms with Gasteiger partial charge in [-0.2, -0.15) is 0 Å². The van der Waals surface area contributed by atoms with Crippen LogP contribution in [-0.2, 0) is 4.74 Å². The van der Waals surface area contributed by atoms with E-state index in [2.05, 4.69) is 4.90 Å². The maximum Gasteiger partial charge on any atom is 0.256 e. The van der Waals surface area contributed by atoms with Gasteiger partial charge in [0.15, 0.2) is 0 Å². The maximum absolute atomic E-state index is 13.9. The molecule has 0 aromatic heterocycles. The van der Waals surface area contributed by atoms with Crippen LogP contribution < -0.4 is 0 Å². The van der Waals surface area contributed by atoms with Crippen molar-refractivity contribution < 1.29 is 13.9 Å². The number of rotatable bonds is 2. The van der Waals surface area contributed by atoms with Crippen molar-refractivity contribution in [1.82, 2.24) is 9.80 Å². The average molecular weight is 292 g/mol. The molecule has 0 N–H and O–H groups in total. The van der Waals surface area contributed by atoms with Crippen molar-refractivity contribution in [1.29, 1.82) is 0 Å². The largest absolute Gasteiger partial charge is 0.379 e. The number of halogens is 1. The number of morpholine rings is 1. The fourth-order valence-corrected chi connectivity index (χ4v) is 3.14. The summed E-state index contributed by atoms with van der Waals surface area (Å²) in [5.74, 6) is -0.618. The highest BCUT2D eigenvalue weighted by Gasteiger charge is 2.32. The molecular weight excluding hydrogens is 271 g/mol. The second kappa shape index (κ2) is 6.12. The Hall–Kier alpha value is -1.46. The van der Waals surface area contributed by atoms with Gasteiger partial charge in [-0.1, -0.05) is 11.6 Å². The Morgan fingerprint density at radius 1 is 1.29 bits per heavy atom. The summed E-state index contributed by atoms with van der Waals surface area (Å²) in [4.78, 5) is 16.6. The fraction of sp³-hybridized carbons (Fsp3) is 0.562. The molecule has 0 spiro atoms. The van der Waals surface area contributed by atoms with Crippen LogP contribution in [0, 0.1) is 12.7 Å². The van der Waals surface area contributed by atoms with Gasteiger partial charge in [0.05, 0.1) is 18.8 Å². The second-order valence-electron chi connectivity index (χ2n) is 5.83. The number of hydrogen-bond donors (Lipinski definition) is 0. The Labute approximate surface area is 124 Å². The van der Waals surface area contributed by atoms with E-state index >= 15 is 0 Å². The molecule has 114 valence electrons. The quantitative estimate of drug-likeness (QED) is 0.831. The number of ether oxygens (including phenoxy) is 1. The van der Waals surface area contributed by atoms with Crippen LogP contribution in [0.15, 0.2) is 18.2 Å². The minimum absolute atomic E-state index is 0.188. The lowest BCUT2D eigenvalue weighted by atomic mass is 10.1. The van der Waals surface area contributed by atoms with Crippen molar-refractivity contribution >= 4 is 5.91 Å². The van der Waals surface area contributed by atoms with E-state index in [1.807, 2.05) is 6.92 Å². The van der Waals surface area contributed by atoms with Gasteiger partial charge in [-0.3, -0.25) is 9.69 Å². The number of carbonyl (C=O) groups is 1. The SMILES string of the molecule is Cc1ccc(F)c(C(=O)N2CCC(N3CCOCC3)C2)c1. The number of aryl methyl sites for hydroxylation is 1. The highest BCUT2D eigenvalue weighted by Crippen LogP contribution is 2.20. The first kappa shape index (κ1) is 14.5. The van der Waals surface area contributed by atoms with Crippen LogP contribution in [0.2, 0.25) is 0 Å². The van der Waals surface area contributed by atoms with Gasteiger partial charge in [-0.15, -0.1) is 0 Å². The highest BCUT2D eigenvalue weighted by atomic mass is 19.1. The van der Waals surface area contributed by atoms with E-state index in [9.17, 15) is 9.18 Å². The molecule has 4 nitrogen and oxygen atoms in total. The molecule has 5 heteroatoms. The van der Waals surface area contributed by atoms with Gasteiger partial charge in [0, 0.05) is 32.2 Å². The molecule has 0 saturated carbocycles. The summed E-state index contributed by atoms with van der Waals surface area (Å²) < 4.78 is 19.2. The number of benzene rings is 1. The van der Waals surface area contributed by atoms with Gasteiger partial charge in [-0.25, -0.2) is 4.39 Å². The van der Waals surface area contributed by atoms with E-state index in [0.29, 0.717) is 19.1 Å². The molecule has 3 rings (SSSR count). The number of likely N-dealkylation sites (tertiary alicyclic amines) is 1. The molecule has 1 aromatic carbocycles. The summed E-state index contributed by atoms with van der Waals surface area (Å²) in [5, 5.41) is 0. The lowest BCUT2D eigenvalue weighted by molar-refractivity contribution is 0.0185. The van der Waals surface area contributed by atoms with Crippen molar-refractivity contribution in [3.8, 4) is 0 Å². The molecule has 1 aromatic rings. The van der Waals surface area contributed by atoms with Crippen molar-refractivity contribution in [3.63, 3.8) is 0 Å². The molecule has 2 aliphatic heterocycles. The minimum atomic E-state index is -0.430. The number of amides is 1. The monoisotopic (exact) mass is 292 g/mol. The average Bonchev–Trinajstić information content (AvgIpc) is 3.00. The van der Waals surface area contributed by atoms with Crippen molar-refractivity contribution in [2.24, 2.45) is 0 Å². The third-order valence-corrected chi connectivity index (χ3v) is 4.36. The van der Waals surface area contributed by atoms with Crippen LogP contribution in [0.25, 0.3) is 0 Å². The third-order valence-electron chi connectivity index (χ3n) is 4.36. The van der Waals surface area contributed by atoms with E-state index < -0.39 is 5.82 Å². The Kier molecular flexibility index (Phi) is 4.22. The van der Waals surface area contributed by atoms with Crippen molar-refractivity contribution in [3.05, 3.63) is 35.1 Å². The van der Waals surface area contributed by atoms with Gasteiger partial charge in [0.25, 0.3) is 5.91 Å². The zero-order chi connectivity index (χ0) is 14.8. The Balaban J connectivity index is 1.67. The normalized spacial score (nSPS) is 23.5. The van der Waals surface area contributed by atoms with Gasteiger partial charge < -0.3 is 9.64 Å². The molecular formula is C16H21FN2O2. The van der Waals surface area contributed by atoms with Crippen LogP contribution in [0.1, 0.15) is 22.3 Å². The summed E-state index contributed by atoms with van der Waals surface area (Å²) >= 11 is 0. The molecule has 0 aliphatic carbocycles. The van der Waals surface area contributed by atoms with Crippen molar-refractivity contribution in [2.45, 2.75) is 19.4 Å². The molecule has 0 radical (unpaired) electrons. The van der Waals surface area contributed by atoms with E-state index in [4.69, 9.17) is 4.74 Å². The van der Waals surface area contributed by atoms with Crippen LogP contribution in [0.4, 0.5) is 4.39 Å². The zero-order valence-corrected chi connectivity index (χ0v) is 12.3. The first-order valence-electron chi connectivity index (χ1n) is 7.52. The molecule has 1 amide bonds. The predicted octanol–water partition coefficient (Wildman–Crippen LogP) is 1.68. The Bertz CT molecular complexity index is 529. The summed E-state index contributed by atoms with van der Waals surface area (Å²) in [7, 11) is 0. The van der Waals surface area contributed by atoms with Crippen LogP contribution in [-0.4, -0.2) is 61.1 Å². The van der Waals surface area contributed by atoms with Crippen molar-refractivity contribution in [2.75, 3.05) is 39.4 Å². The zero-order valence-electron chi connectivity index (χ0n) is 12.3. The van der Waals surface area contributed by atoms with E-state index in [1.165, 1.54) is 6.07 Å². The first-order chi connectivity index (χ1) is 10.1. The molecule has 1 unspecified atom stereocenters. The fourth-order valence-electron chi connectivity index (χ4n) is 3.14. The summed E-state index contributed by atoms with van der Waals surface area (Å²) in [6.45, 7) is 6.63. The van der Waals surface area contributed by atoms with Crippen LogP contribution >= 0.6 is 0 Å². The van der Waals surface area contributed by atoms with Gasteiger partial charge in [0.2, 0.25) is 0 Å². The lowest BCUT2D eigenvalue weighted by Gasteiger charge is -2.32. The van der Waals surface area contributed by atoms with E-state index in [0.717, 1.165) is 38.3 Å². The Morgan fingerprint density at radius 3 is 2.81 bits per heavy atom. The predicted molar refractivity (Wildman–Crippen MR) is 77.8 cm³/mol. The van der Waals surface area contributed by atoms with Gasteiger partial charge in [-0.05, 0) is 25.5 Å². The second-order valence-corrected chi connectivity index (χ2v) is 5.83. The van der Waals surface area contributed by atoms with Crippen LogP contribution in [0.5, 0.6) is 0 Å². The summed E-state index contributed by atoms with van der Waals surface area (Å²) in [6.07, 6.45) is 0.958. The smallest absolute Gasteiger partial charge is 0.256 e. The topological polar surface area (TPSA) is 32.8 Å². The molecule has 21 heavy (non-hydrogen) atoms. The molecule has 1 atom stereocenters. The standard InChI is InChI=1S/C16H21FN2O2/c1-12-2-3-15(17)14(10-12)16(20)19-5-4-13(11-19)18-6-8-21-9-7-18/h2-3,10,13H,4-9,11H2,1H3. The lowest BCUT2D eigenvalue weighted by Crippen LogP contribution is -2.45. The van der Waals surface area contributed by atoms with Gasteiger partial charge >= 0.3 is 0 Å². The summed E-state index contributed by atoms with van der Waals surface area (Å²) in [5.41, 5.74) is 1.10. The van der Waals surface area contributed by atoms with E-state index in [1.54, 1.807) is 17.0 Å². The van der Waals surface area contributed by atoms with Crippen LogP contribution in [0.3, 0.4) is 0 Å². The van der Waals surface area contributed by atoms with E-state index in [-0.39, 0.29) is 11.5 Å². The molecule has 0 bridgehead atoms. The molecule has 2 saturated heterocycles.